The van der Waals surface area contributed by atoms with Crippen LogP contribution >= 0.6 is 0 Å². The zero-order valence-corrected chi connectivity index (χ0v) is 12.0. The molecule has 2 saturated heterocycles. The average Bonchev–Trinajstić information content (AvgIpc) is 2.38. The van der Waals surface area contributed by atoms with Gasteiger partial charge in [0.2, 0.25) is 5.91 Å². The van der Waals surface area contributed by atoms with E-state index in [1.807, 2.05) is 0 Å². The fourth-order valence-corrected chi connectivity index (χ4v) is 3.10. The summed E-state index contributed by atoms with van der Waals surface area (Å²) in [7, 11) is 0. The zero-order chi connectivity index (χ0) is 13.7. The first kappa shape index (κ1) is 14.8. The van der Waals surface area contributed by atoms with Crippen LogP contribution in [-0.4, -0.2) is 60.8 Å². The summed E-state index contributed by atoms with van der Waals surface area (Å²) in [4.78, 5) is 13.3. The van der Waals surface area contributed by atoms with Crippen LogP contribution in [0.25, 0.3) is 0 Å². The van der Waals surface area contributed by atoms with Crippen LogP contribution in [0, 0.1) is 5.92 Å². The molecule has 0 radical (unpaired) electrons. The van der Waals surface area contributed by atoms with E-state index in [1.165, 1.54) is 0 Å². The SMILES string of the molecule is CC(=O)NCC1CCN(CC2(O)CCNCC2)CC1. The Labute approximate surface area is 115 Å². The Hall–Kier alpha value is -0.650. The van der Waals surface area contributed by atoms with E-state index < -0.39 is 5.60 Å². The summed E-state index contributed by atoms with van der Waals surface area (Å²) >= 11 is 0. The summed E-state index contributed by atoms with van der Waals surface area (Å²) < 4.78 is 0. The van der Waals surface area contributed by atoms with Gasteiger partial charge in [0.25, 0.3) is 0 Å². The molecule has 2 rings (SSSR count). The molecule has 0 spiro atoms. The van der Waals surface area contributed by atoms with E-state index in [0.29, 0.717) is 5.92 Å². The molecule has 0 unspecified atom stereocenters. The number of hydrogen-bond donors (Lipinski definition) is 3. The van der Waals surface area contributed by atoms with Gasteiger partial charge in [-0.05, 0) is 57.8 Å². The van der Waals surface area contributed by atoms with E-state index in [9.17, 15) is 9.90 Å². The summed E-state index contributed by atoms with van der Waals surface area (Å²) in [5.74, 6) is 0.661. The van der Waals surface area contributed by atoms with Crippen LogP contribution in [0.15, 0.2) is 0 Å². The quantitative estimate of drug-likeness (QED) is 0.669. The fourth-order valence-electron chi connectivity index (χ4n) is 3.10. The van der Waals surface area contributed by atoms with Crippen LogP contribution in [0.4, 0.5) is 0 Å². The fraction of sp³-hybridized carbons (Fsp3) is 0.929. The minimum absolute atomic E-state index is 0.0615. The summed E-state index contributed by atoms with van der Waals surface area (Å²) in [5.41, 5.74) is -0.490. The molecule has 0 aromatic carbocycles. The van der Waals surface area contributed by atoms with Crippen LogP contribution in [0.5, 0.6) is 0 Å². The number of carbonyl (C=O) groups excluding carboxylic acids is 1. The number of amides is 1. The molecule has 110 valence electrons. The maximum Gasteiger partial charge on any atom is 0.216 e. The number of nitrogens with zero attached hydrogens (tertiary/aromatic N) is 1. The standard InChI is InChI=1S/C14H27N3O2/c1-12(18)16-10-13-2-8-17(9-3-13)11-14(19)4-6-15-7-5-14/h13,15,19H,2-11H2,1H3,(H,16,18). The van der Waals surface area contributed by atoms with Gasteiger partial charge in [-0.1, -0.05) is 0 Å². The second kappa shape index (κ2) is 6.68. The van der Waals surface area contributed by atoms with E-state index in [1.54, 1.807) is 6.92 Å². The van der Waals surface area contributed by atoms with Crippen molar-refractivity contribution >= 4 is 5.91 Å². The molecule has 0 atom stereocenters. The number of hydrogen-bond acceptors (Lipinski definition) is 4. The van der Waals surface area contributed by atoms with Crippen molar-refractivity contribution in [2.75, 3.05) is 39.3 Å². The highest BCUT2D eigenvalue weighted by molar-refractivity contribution is 5.72. The Morgan fingerprint density at radius 3 is 2.58 bits per heavy atom. The monoisotopic (exact) mass is 269 g/mol. The molecule has 0 aromatic rings. The first-order valence-electron chi connectivity index (χ1n) is 7.47. The van der Waals surface area contributed by atoms with Gasteiger partial charge in [0.15, 0.2) is 0 Å². The lowest BCUT2D eigenvalue weighted by Crippen LogP contribution is -2.51. The van der Waals surface area contributed by atoms with Gasteiger partial charge < -0.3 is 20.6 Å². The third-order valence-electron chi connectivity index (χ3n) is 4.40. The van der Waals surface area contributed by atoms with Gasteiger partial charge in [-0.2, -0.15) is 0 Å². The van der Waals surface area contributed by atoms with Gasteiger partial charge in [-0.15, -0.1) is 0 Å². The first-order chi connectivity index (χ1) is 9.07. The maximum atomic E-state index is 10.9. The lowest BCUT2D eigenvalue weighted by molar-refractivity contribution is -0.119. The minimum atomic E-state index is -0.490. The molecule has 2 aliphatic rings. The lowest BCUT2D eigenvalue weighted by Gasteiger charge is -2.40. The smallest absolute Gasteiger partial charge is 0.216 e. The third-order valence-corrected chi connectivity index (χ3v) is 4.40. The molecule has 5 nitrogen and oxygen atoms in total. The first-order valence-corrected chi connectivity index (χ1v) is 7.47. The van der Waals surface area contributed by atoms with E-state index in [0.717, 1.165) is 65.0 Å². The van der Waals surface area contributed by atoms with Gasteiger partial charge in [-0.3, -0.25) is 4.79 Å². The number of rotatable bonds is 4. The van der Waals surface area contributed by atoms with Gasteiger partial charge in [0, 0.05) is 20.0 Å². The van der Waals surface area contributed by atoms with Crippen molar-refractivity contribution in [2.24, 2.45) is 5.92 Å². The van der Waals surface area contributed by atoms with Gasteiger partial charge in [0.05, 0.1) is 5.60 Å². The molecular weight excluding hydrogens is 242 g/mol. The van der Waals surface area contributed by atoms with Crippen molar-refractivity contribution in [2.45, 2.75) is 38.2 Å². The van der Waals surface area contributed by atoms with Gasteiger partial charge in [0.1, 0.15) is 0 Å². The largest absolute Gasteiger partial charge is 0.388 e. The minimum Gasteiger partial charge on any atom is -0.388 e. The predicted octanol–water partition coefficient (Wildman–Crippen LogP) is -0.0510. The summed E-state index contributed by atoms with van der Waals surface area (Å²) in [6.07, 6.45) is 3.96. The Balaban J connectivity index is 1.69. The molecule has 3 N–H and O–H groups in total. The number of nitrogens with one attached hydrogen (secondary N) is 2. The van der Waals surface area contributed by atoms with E-state index in [-0.39, 0.29) is 5.91 Å². The van der Waals surface area contributed by atoms with Crippen LogP contribution in [-0.2, 0) is 4.79 Å². The molecule has 2 fully saturated rings. The van der Waals surface area contributed by atoms with E-state index in [2.05, 4.69) is 15.5 Å². The number of carbonyl (C=O) groups is 1. The van der Waals surface area contributed by atoms with Crippen LogP contribution in [0.2, 0.25) is 0 Å². The molecule has 0 aliphatic carbocycles. The van der Waals surface area contributed by atoms with Crippen molar-refractivity contribution in [3.8, 4) is 0 Å². The summed E-state index contributed by atoms with van der Waals surface area (Å²) in [6, 6.07) is 0. The molecule has 5 heteroatoms. The zero-order valence-electron chi connectivity index (χ0n) is 12.0. The molecule has 19 heavy (non-hydrogen) atoms. The van der Waals surface area contributed by atoms with Gasteiger partial charge >= 0.3 is 0 Å². The number of β-amino-alcohol motifs (C(OH)–C–C–N with tert-alkyl or cyclic N) is 1. The number of aliphatic hydroxyl groups is 1. The third kappa shape index (κ3) is 4.75. The Morgan fingerprint density at radius 1 is 1.37 bits per heavy atom. The molecule has 1 amide bonds. The number of piperidine rings is 2. The van der Waals surface area contributed by atoms with Crippen LogP contribution < -0.4 is 10.6 Å². The second-order valence-corrected chi connectivity index (χ2v) is 6.13. The molecule has 0 saturated carbocycles. The van der Waals surface area contributed by atoms with Crippen LogP contribution in [0.1, 0.15) is 32.6 Å². The average molecular weight is 269 g/mol. The maximum absolute atomic E-state index is 10.9. The van der Waals surface area contributed by atoms with Crippen LogP contribution in [0.3, 0.4) is 0 Å². The van der Waals surface area contributed by atoms with Crippen molar-refractivity contribution in [1.82, 2.24) is 15.5 Å². The highest BCUT2D eigenvalue weighted by atomic mass is 16.3. The summed E-state index contributed by atoms with van der Waals surface area (Å²) in [5, 5.41) is 16.7. The van der Waals surface area contributed by atoms with Crippen molar-refractivity contribution in [3.05, 3.63) is 0 Å². The van der Waals surface area contributed by atoms with Crippen molar-refractivity contribution < 1.29 is 9.90 Å². The highest BCUT2D eigenvalue weighted by Crippen LogP contribution is 2.23. The van der Waals surface area contributed by atoms with E-state index >= 15 is 0 Å². The Bertz CT molecular complexity index is 295. The molecule has 2 aliphatic heterocycles. The predicted molar refractivity (Wildman–Crippen MR) is 74.9 cm³/mol. The molecule has 0 aromatic heterocycles. The molecular formula is C14H27N3O2. The van der Waals surface area contributed by atoms with Crippen molar-refractivity contribution in [3.63, 3.8) is 0 Å². The van der Waals surface area contributed by atoms with E-state index in [4.69, 9.17) is 0 Å². The normalized spacial score (nSPS) is 25.2. The lowest BCUT2D eigenvalue weighted by atomic mass is 9.90. The Morgan fingerprint density at radius 2 is 2.00 bits per heavy atom. The summed E-state index contributed by atoms with van der Waals surface area (Å²) in [6.45, 7) is 7.12. The molecule has 2 heterocycles. The second-order valence-electron chi connectivity index (χ2n) is 6.13. The molecule has 0 bridgehead atoms. The topological polar surface area (TPSA) is 64.6 Å². The van der Waals surface area contributed by atoms with Crippen molar-refractivity contribution in [1.29, 1.82) is 0 Å². The Kier molecular flexibility index (Phi) is 5.19. The highest BCUT2D eigenvalue weighted by Gasteiger charge is 2.32. The van der Waals surface area contributed by atoms with Gasteiger partial charge in [-0.25, -0.2) is 0 Å². The number of likely N-dealkylation sites (tertiary alicyclic amines) is 1.